The highest BCUT2D eigenvalue weighted by Gasteiger charge is 2.21. The average molecular weight is 335 g/mol. The van der Waals surface area contributed by atoms with E-state index in [1.807, 2.05) is 13.0 Å². The third kappa shape index (κ3) is 5.79. The Labute approximate surface area is 148 Å². The molecule has 24 heavy (non-hydrogen) atoms. The molecule has 0 saturated heterocycles. The third-order valence-corrected chi connectivity index (χ3v) is 5.69. The quantitative estimate of drug-likeness (QED) is 0.449. The highest BCUT2D eigenvalue weighted by Crippen LogP contribution is 2.34. The zero-order valence-electron chi connectivity index (χ0n) is 15.9. The molecule has 0 N–H and O–H groups in total. The van der Waals surface area contributed by atoms with E-state index in [1.165, 1.54) is 57.8 Å². The van der Waals surface area contributed by atoms with E-state index in [0.717, 1.165) is 29.4 Å². The maximum absolute atomic E-state index is 14.1. The second-order valence-corrected chi connectivity index (χ2v) is 7.56. The van der Waals surface area contributed by atoms with Crippen molar-refractivity contribution in [1.29, 1.82) is 0 Å². The summed E-state index contributed by atoms with van der Waals surface area (Å²) in [4.78, 5) is 0. The number of aryl methyl sites for hydroxylation is 2. The Balaban J connectivity index is 1.77. The first kappa shape index (κ1) is 19.3. The first-order valence-electron chi connectivity index (χ1n) is 10.1. The van der Waals surface area contributed by atoms with Crippen LogP contribution in [0.4, 0.5) is 4.39 Å². The van der Waals surface area contributed by atoms with Gasteiger partial charge in [-0.2, -0.15) is 0 Å². The Kier molecular flexibility index (Phi) is 8.08. The molecule has 2 heteroatoms. The Morgan fingerprint density at radius 2 is 1.67 bits per heavy atom. The molecule has 1 nitrogen and oxygen atoms in total. The van der Waals surface area contributed by atoms with Crippen molar-refractivity contribution in [2.75, 3.05) is 6.61 Å². The van der Waals surface area contributed by atoms with Gasteiger partial charge in [0, 0.05) is 0 Å². The molecular formula is C22H35FO. The number of unbranched alkanes of at least 4 members (excludes halogenated alkanes) is 2. The maximum atomic E-state index is 14.1. The standard InChI is InChI=1S/C22H35FO/c1-4-6-7-8-18-9-11-19(12-10-18)13-14-20-16-21(23)22(24-5-2)15-17(20)3/h15-16,18-19H,4-14H2,1-3H3. The van der Waals surface area contributed by atoms with Gasteiger partial charge in [-0.05, 0) is 61.8 Å². The number of benzene rings is 1. The minimum Gasteiger partial charge on any atom is -0.491 e. The molecule has 0 aliphatic heterocycles. The Morgan fingerprint density at radius 1 is 1.00 bits per heavy atom. The summed E-state index contributed by atoms with van der Waals surface area (Å²) in [6.07, 6.45) is 13.3. The highest BCUT2D eigenvalue weighted by atomic mass is 19.1. The topological polar surface area (TPSA) is 9.23 Å². The minimum absolute atomic E-state index is 0.211. The van der Waals surface area contributed by atoms with Gasteiger partial charge in [0.2, 0.25) is 0 Å². The lowest BCUT2D eigenvalue weighted by Crippen LogP contribution is -2.15. The molecule has 0 aromatic heterocycles. The van der Waals surface area contributed by atoms with E-state index in [1.54, 1.807) is 6.07 Å². The van der Waals surface area contributed by atoms with Gasteiger partial charge in [-0.25, -0.2) is 4.39 Å². The second kappa shape index (κ2) is 10.1. The van der Waals surface area contributed by atoms with Crippen LogP contribution in [0.15, 0.2) is 12.1 Å². The number of hydrogen-bond donors (Lipinski definition) is 0. The van der Waals surface area contributed by atoms with Crippen LogP contribution in [0.5, 0.6) is 5.75 Å². The molecule has 0 unspecified atom stereocenters. The zero-order valence-corrected chi connectivity index (χ0v) is 15.9. The van der Waals surface area contributed by atoms with Crippen LogP contribution in [-0.2, 0) is 6.42 Å². The van der Waals surface area contributed by atoms with Gasteiger partial charge in [0.1, 0.15) is 0 Å². The first-order valence-corrected chi connectivity index (χ1v) is 10.1. The molecule has 1 aromatic rings. The van der Waals surface area contributed by atoms with Crippen molar-refractivity contribution < 1.29 is 9.13 Å². The summed E-state index contributed by atoms with van der Waals surface area (Å²) < 4.78 is 19.4. The molecule has 1 aromatic carbocycles. The van der Waals surface area contributed by atoms with Gasteiger partial charge < -0.3 is 4.74 Å². The molecule has 1 fully saturated rings. The lowest BCUT2D eigenvalue weighted by atomic mass is 9.77. The van der Waals surface area contributed by atoms with Gasteiger partial charge in [0.25, 0.3) is 0 Å². The van der Waals surface area contributed by atoms with Crippen LogP contribution in [0, 0.1) is 24.6 Å². The van der Waals surface area contributed by atoms with E-state index >= 15 is 0 Å². The van der Waals surface area contributed by atoms with Crippen LogP contribution >= 0.6 is 0 Å². The fourth-order valence-corrected chi connectivity index (χ4v) is 4.08. The van der Waals surface area contributed by atoms with E-state index in [9.17, 15) is 4.39 Å². The van der Waals surface area contributed by atoms with Crippen molar-refractivity contribution in [3.05, 3.63) is 29.1 Å². The molecule has 2 rings (SSSR count). The van der Waals surface area contributed by atoms with Crippen molar-refractivity contribution in [3.8, 4) is 5.75 Å². The summed E-state index contributed by atoms with van der Waals surface area (Å²) in [7, 11) is 0. The number of rotatable bonds is 9. The van der Waals surface area contributed by atoms with Gasteiger partial charge in [-0.3, -0.25) is 0 Å². The molecule has 0 heterocycles. The fraction of sp³-hybridized carbons (Fsp3) is 0.727. The largest absolute Gasteiger partial charge is 0.491 e. The van der Waals surface area contributed by atoms with E-state index in [4.69, 9.17) is 4.74 Å². The summed E-state index contributed by atoms with van der Waals surface area (Å²) in [5.41, 5.74) is 2.31. The van der Waals surface area contributed by atoms with Crippen molar-refractivity contribution >= 4 is 0 Å². The van der Waals surface area contributed by atoms with E-state index in [-0.39, 0.29) is 5.82 Å². The number of ether oxygens (including phenoxy) is 1. The van der Waals surface area contributed by atoms with Crippen LogP contribution < -0.4 is 4.74 Å². The van der Waals surface area contributed by atoms with Crippen LogP contribution in [0.1, 0.15) is 82.8 Å². The normalized spacial score (nSPS) is 21.0. The van der Waals surface area contributed by atoms with Crippen LogP contribution in [-0.4, -0.2) is 6.61 Å². The smallest absolute Gasteiger partial charge is 0.165 e. The van der Waals surface area contributed by atoms with Gasteiger partial charge in [-0.1, -0.05) is 58.3 Å². The van der Waals surface area contributed by atoms with Crippen LogP contribution in [0.25, 0.3) is 0 Å². The number of hydrogen-bond acceptors (Lipinski definition) is 1. The maximum Gasteiger partial charge on any atom is 0.165 e. The minimum atomic E-state index is -0.211. The van der Waals surface area contributed by atoms with E-state index < -0.39 is 0 Å². The molecule has 136 valence electrons. The van der Waals surface area contributed by atoms with Crippen molar-refractivity contribution in [1.82, 2.24) is 0 Å². The van der Waals surface area contributed by atoms with Crippen molar-refractivity contribution in [3.63, 3.8) is 0 Å². The zero-order chi connectivity index (χ0) is 17.4. The molecule has 0 amide bonds. The predicted octanol–water partition coefficient (Wildman–Crippen LogP) is 6.85. The molecule has 0 bridgehead atoms. The molecule has 0 radical (unpaired) electrons. The van der Waals surface area contributed by atoms with Gasteiger partial charge in [0.05, 0.1) is 6.61 Å². The van der Waals surface area contributed by atoms with Crippen LogP contribution in [0.2, 0.25) is 0 Å². The predicted molar refractivity (Wildman–Crippen MR) is 100 cm³/mol. The average Bonchev–Trinajstić information content (AvgIpc) is 2.58. The molecule has 1 aliphatic carbocycles. The molecule has 0 atom stereocenters. The van der Waals surface area contributed by atoms with Crippen molar-refractivity contribution in [2.24, 2.45) is 11.8 Å². The highest BCUT2D eigenvalue weighted by molar-refractivity contribution is 5.36. The van der Waals surface area contributed by atoms with Crippen LogP contribution in [0.3, 0.4) is 0 Å². The molecular weight excluding hydrogens is 299 g/mol. The molecule has 0 spiro atoms. The Hall–Kier alpha value is -1.05. The second-order valence-electron chi connectivity index (χ2n) is 7.56. The van der Waals surface area contributed by atoms with Gasteiger partial charge in [-0.15, -0.1) is 0 Å². The first-order chi connectivity index (χ1) is 11.6. The SMILES string of the molecule is CCCCCC1CCC(CCc2cc(F)c(OCC)cc2C)CC1. The van der Waals surface area contributed by atoms with E-state index in [0.29, 0.717) is 12.4 Å². The lowest BCUT2D eigenvalue weighted by molar-refractivity contribution is 0.249. The molecule has 1 aliphatic rings. The fourth-order valence-electron chi connectivity index (χ4n) is 4.08. The summed E-state index contributed by atoms with van der Waals surface area (Å²) in [5.74, 6) is 1.99. The number of halogens is 1. The van der Waals surface area contributed by atoms with E-state index in [2.05, 4.69) is 13.8 Å². The summed E-state index contributed by atoms with van der Waals surface area (Å²) >= 11 is 0. The third-order valence-electron chi connectivity index (χ3n) is 5.69. The van der Waals surface area contributed by atoms with Gasteiger partial charge >= 0.3 is 0 Å². The summed E-state index contributed by atoms with van der Waals surface area (Å²) in [6, 6.07) is 3.55. The Morgan fingerprint density at radius 3 is 2.29 bits per heavy atom. The lowest BCUT2D eigenvalue weighted by Gasteiger charge is -2.28. The monoisotopic (exact) mass is 334 g/mol. The Bertz CT molecular complexity index is 489. The molecule has 1 saturated carbocycles. The van der Waals surface area contributed by atoms with Gasteiger partial charge in [0.15, 0.2) is 11.6 Å². The summed E-state index contributed by atoms with van der Waals surface area (Å²) in [5, 5.41) is 0. The van der Waals surface area contributed by atoms with Crippen molar-refractivity contribution in [2.45, 2.75) is 85.0 Å². The summed E-state index contributed by atoms with van der Waals surface area (Å²) in [6.45, 7) is 6.75.